The van der Waals surface area contributed by atoms with Crippen molar-refractivity contribution >= 4 is 35.0 Å². The molecule has 0 spiro atoms. The number of anilines is 1. The fourth-order valence-electron chi connectivity index (χ4n) is 5.68. The second-order valence-electron chi connectivity index (χ2n) is 10.8. The minimum atomic E-state index is -1.57. The summed E-state index contributed by atoms with van der Waals surface area (Å²) in [6, 6.07) is 21.7. The monoisotopic (exact) mass is 570 g/mol. The van der Waals surface area contributed by atoms with Crippen molar-refractivity contribution in [3.63, 3.8) is 0 Å². The molecular formula is C31H30N4O7. The number of nitrogens with zero attached hydrogens (tertiary/aromatic N) is 3. The molecule has 11 heteroatoms. The molecule has 0 aliphatic carbocycles. The molecule has 0 radical (unpaired) electrons. The van der Waals surface area contributed by atoms with E-state index in [9.17, 15) is 19.5 Å². The van der Waals surface area contributed by atoms with E-state index in [0.29, 0.717) is 27.7 Å². The molecule has 2 amide bonds. The summed E-state index contributed by atoms with van der Waals surface area (Å²) >= 11 is 0. The predicted molar refractivity (Wildman–Crippen MR) is 152 cm³/mol. The zero-order chi connectivity index (χ0) is 29.6. The number of H-pyrrole nitrogens is 1. The molecule has 2 N–H and O–H groups in total. The summed E-state index contributed by atoms with van der Waals surface area (Å²) in [5.74, 6) is -1.54. The number of rotatable bonds is 7. The first kappa shape index (κ1) is 27.4. The average molecular weight is 571 g/mol. The van der Waals surface area contributed by atoms with Crippen molar-refractivity contribution in [2.45, 2.75) is 44.9 Å². The highest BCUT2D eigenvalue weighted by molar-refractivity contribution is 6.01. The molecule has 2 aliphatic heterocycles. The van der Waals surface area contributed by atoms with Crippen LogP contribution in [-0.4, -0.2) is 63.0 Å². The number of fused-ring (bicyclic) bond motifs is 2. The van der Waals surface area contributed by atoms with E-state index in [1.54, 1.807) is 61.2 Å². The zero-order valence-electron chi connectivity index (χ0n) is 23.4. The van der Waals surface area contributed by atoms with Crippen molar-refractivity contribution in [1.29, 1.82) is 0 Å². The van der Waals surface area contributed by atoms with Crippen molar-refractivity contribution in [1.82, 2.24) is 14.9 Å². The van der Waals surface area contributed by atoms with Crippen LogP contribution in [0.1, 0.15) is 47.8 Å². The van der Waals surface area contributed by atoms with Gasteiger partial charge in [-0.05, 0) is 37.6 Å². The van der Waals surface area contributed by atoms with E-state index < -0.39 is 29.7 Å². The second-order valence-corrected chi connectivity index (χ2v) is 10.8. The summed E-state index contributed by atoms with van der Waals surface area (Å²) in [6.07, 6.45) is -1.68. The third-order valence-electron chi connectivity index (χ3n) is 7.42. The van der Waals surface area contributed by atoms with Crippen LogP contribution < -0.4 is 4.90 Å². The number of hydrogen-bond acceptors (Lipinski definition) is 7. The first-order chi connectivity index (χ1) is 20.1. The van der Waals surface area contributed by atoms with Crippen molar-refractivity contribution in [2.75, 3.05) is 18.1 Å². The van der Waals surface area contributed by atoms with Gasteiger partial charge in [-0.3, -0.25) is 14.5 Å². The van der Waals surface area contributed by atoms with Crippen LogP contribution in [0.3, 0.4) is 0 Å². The Morgan fingerprint density at radius 1 is 1.12 bits per heavy atom. The summed E-state index contributed by atoms with van der Waals surface area (Å²) in [4.78, 5) is 49.0. The van der Waals surface area contributed by atoms with Gasteiger partial charge in [0.15, 0.2) is 5.79 Å². The third kappa shape index (κ3) is 4.76. The van der Waals surface area contributed by atoms with Crippen LogP contribution in [0, 0.1) is 0 Å². The average Bonchev–Trinajstić information content (AvgIpc) is 3.60. The number of carboxylic acid groups (broad SMARTS) is 1. The van der Waals surface area contributed by atoms with Gasteiger partial charge in [0.05, 0.1) is 30.7 Å². The smallest absolute Gasteiger partial charge is 0.414 e. The quantitative estimate of drug-likeness (QED) is 0.308. The van der Waals surface area contributed by atoms with E-state index >= 15 is 0 Å². The summed E-state index contributed by atoms with van der Waals surface area (Å²) in [5.41, 5.74) is 1.76. The maximum atomic E-state index is 13.8. The van der Waals surface area contributed by atoms with Crippen LogP contribution in [0.25, 0.3) is 11.0 Å². The third-order valence-corrected chi connectivity index (χ3v) is 7.42. The molecule has 1 aromatic heterocycles. The molecule has 0 saturated carbocycles. The van der Waals surface area contributed by atoms with Crippen molar-refractivity contribution in [3.05, 3.63) is 95.1 Å². The number of aromatic nitrogens is 2. The Labute approximate surface area is 241 Å². The molecule has 42 heavy (non-hydrogen) atoms. The van der Waals surface area contributed by atoms with Crippen LogP contribution in [0.5, 0.6) is 0 Å². The van der Waals surface area contributed by atoms with Crippen LogP contribution in [-0.2, 0) is 31.3 Å². The second kappa shape index (κ2) is 10.3. The van der Waals surface area contributed by atoms with Crippen LogP contribution in [0.4, 0.5) is 10.7 Å². The van der Waals surface area contributed by atoms with Gasteiger partial charge >= 0.3 is 12.1 Å². The zero-order valence-corrected chi connectivity index (χ0v) is 23.4. The molecule has 2 aliphatic rings. The Morgan fingerprint density at radius 3 is 2.55 bits per heavy atom. The van der Waals surface area contributed by atoms with Crippen molar-refractivity contribution in [2.24, 2.45) is 0 Å². The summed E-state index contributed by atoms with van der Waals surface area (Å²) in [7, 11) is 0. The molecule has 3 aromatic carbocycles. The molecule has 1 saturated heterocycles. The van der Waals surface area contributed by atoms with Gasteiger partial charge in [-0.15, -0.1) is 0 Å². The first-order valence-corrected chi connectivity index (χ1v) is 13.5. The van der Waals surface area contributed by atoms with Crippen molar-refractivity contribution in [3.8, 4) is 0 Å². The topological polar surface area (TPSA) is 134 Å². The Morgan fingerprint density at radius 2 is 1.86 bits per heavy atom. The lowest BCUT2D eigenvalue weighted by Crippen LogP contribution is -2.47. The largest absolute Gasteiger partial charge is 0.465 e. The number of benzene rings is 3. The first-order valence-electron chi connectivity index (χ1n) is 13.5. The van der Waals surface area contributed by atoms with Gasteiger partial charge in [-0.25, -0.2) is 14.7 Å². The normalized spacial score (nSPS) is 21.0. The van der Waals surface area contributed by atoms with Gasteiger partial charge < -0.3 is 24.3 Å². The van der Waals surface area contributed by atoms with E-state index in [0.717, 1.165) is 10.5 Å². The predicted octanol–water partition coefficient (Wildman–Crippen LogP) is 4.62. The molecular weight excluding hydrogens is 540 g/mol. The fraction of sp³-hybridized carbons (Fsp3) is 0.290. The Kier molecular flexibility index (Phi) is 6.71. The Hall–Kier alpha value is -4.74. The number of aromatic amines is 1. The molecule has 0 bridgehead atoms. The lowest BCUT2D eigenvalue weighted by molar-refractivity contribution is -0.168. The van der Waals surface area contributed by atoms with Gasteiger partial charge in [0.2, 0.25) is 11.7 Å². The molecule has 6 rings (SSSR count). The standard InChI is InChI=1S/C31H30N4O7/c1-19(36)41-31(24-12-8-7-11-23(24)27(37)35(31)16-20-9-5-4-6-10-20)21-13-14-25-26(15-21)33-28(32-25)34(29(38)39)17-22-18-40-30(2,3)42-22/h4-15,22H,16-18H2,1-3H3,(H,32,33)(H,38,39)/t22-,31?/m0/s1. The van der Waals surface area contributed by atoms with E-state index in [1.807, 2.05) is 30.3 Å². The lowest BCUT2D eigenvalue weighted by atomic mass is 9.92. The lowest BCUT2D eigenvalue weighted by Gasteiger charge is -2.38. The maximum Gasteiger partial charge on any atom is 0.414 e. The molecule has 216 valence electrons. The molecule has 11 nitrogen and oxygen atoms in total. The van der Waals surface area contributed by atoms with Gasteiger partial charge in [0, 0.05) is 23.6 Å². The Balaban J connectivity index is 1.44. The molecule has 3 heterocycles. The number of amides is 2. The highest BCUT2D eigenvalue weighted by atomic mass is 16.7. The van der Waals surface area contributed by atoms with Gasteiger partial charge in [-0.2, -0.15) is 0 Å². The molecule has 4 aromatic rings. The number of ether oxygens (including phenoxy) is 3. The Bertz CT molecular complexity index is 1690. The minimum Gasteiger partial charge on any atom is -0.465 e. The van der Waals surface area contributed by atoms with E-state index in [-0.39, 0.29) is 31.6 Å². The van der Waals surface area contributed by atoms with Crippen LogP contribution in [0.15, 0.2) is 72.8 Å². The van der Waals surface area contributed by atoms with E-state index in [4.69, 9.17) is 14.2 Å². The number of carbonyl (C=O) groups excluding carboxylic acids is 2. The summed E-state index contributed by atoms with van der Waals surface area (Å²) in [6.45, 7) is 5.29. The number of hydrogen-bond donors (Lipinski definition) is 2. The van der Waals surface area contributed by atoms with Crippen LogP contribution in [0.2, 0.25) is 0 Å². The SMILES string of the molecule is CC(=O)OC1(c2ccc3nc(N(C[C@H]4COC(C)(C)O4)C(=O)O)[nH]c3c2)c2ccccc2C(=O)N1Cc1ccccc1. The molecule has 1 unspecified atom stereocenters. The van der Waals surface area contributed by atoms with Gasteiger partial charge in [0.1, 0.15) is 6.10 Å². The van der Waals surface area contributed by atoms with Crippen molar-refractivity contribution < 1.29 is 33.7 Å². The maximum absolute atomic E-state index is 13.8. The molecule has 1 fully saturated rings. The summed E-state index contributed by atoms with van der Waals surface area (Å²) in [5, 5.41) is 9.99. The highest BCUT2D eigenvalue weighted by Gasteiger charge is 2.54. The van der Waals surface area contributed by atoms with Gasteiger partial charge in [-0.1, -0.05) is 54.6 Å². The highest BCUT2D eigenvalue weighted by Crippen LogP contribution is 2.46. The molecule has 2 atom stereocenters. The van der Waals surface area contributed by atoms with Crippen LogP contribution >= 0.6 is 0 Å². The number of esters is 1. The fourth-order valence-corrected chi connectivity index (χ4v) is 5.68. The summed E-state index contributed by atoms with van der Waals surface area (Å²) < 4.78 is 17.5. The van der Waals surface area contributed by atoms with Gasteiger partial charge in [0.25, 0.3) is 5.91 Å². The number of imidazole rings is 1. The number of carbonyl (C=O) groups is 3. The minimum absolute atomic E-state index is 0.00948. The number of nitrogens with one attached hydrogen (secondary N) is 1. The van der Waals surface area contributed by atoms with E-state index in [2.05, 4.69) is 9.97 Å². The van der Waals surface area contributed by atoms with E-state index in [1.165, 1.54) is 6.92 Å².